The predicted molar refractivity (Wildman–Crippen MR) is 87.9 cm³/mol. The molecule has 1 aromatic carbocycles. The molecule has 0 atom stereocenters. The fourth-order valence-electron chi connectivity index (χ4n) is 2.14. The van der Waals surface area contributed by atoms with Crippen LogP contribution in [0.25, 0.3) is 0 Å². The molecule has 5 heteroatoms. The molecular formula is C15H21N3OS. The molecule has 1 aliphatic rings. The lowest BCUT2D eigenvalue weighted by molar-refractivity contribution is 0.253. The smallest absolute Gasteiger partial charge is 0.319 e. The van der Waals surface area contributed by atoms with Crippen LogP contribution in [0.15, 0.2) is 30.9 Å². The Morgan fingerprint density at radius 3 is 2.85 bits per heavy atom. The molecule has 0 spiro atoms. The van der Waals surface area contributed by atoms with Crippen LogP contribution in [0.3, 0.4) is 0 Å². The summed E-state index contributed by atoms with van der Waals surface area (Å²) >= 11 is 2.00. The Hall–Kier alpha value is -1.62. The fourth-order valence-corrected chi connectivity index (χ4v) is 3.04. The normalized spacial score (nSPS) is 14.8. The number of aryl methyl sites for hydroxylation is 1. The summed E-state index contributed by atoms with van der Waals surface area (Å²) in [6, 6.07) is 5.99. The minimum absolute atomic E-state index is 0.199. The van der Waals surface area contributed by atoms with Gasteiger partial charge in [-0.25, -0.2) is 4.79 Å². The van der Waals surface area contributed by atoms with Crippen molar-refractivity contribution in [3.05, 3.63) is 36.4 Å². The van der Waals surface area contributed by atoms with Crippen molar-refractivity contribution in [1.82, 2.24) is 5.32 Å². The molecule has 4 nitrogen and oxygen atoms in total. The van der Waals surface area contributed by atoms with E-state index in [0.717, 1.165) is 24.3 Å². The summed E-state index contributed by atoms with van der Waals surface area (Å²) in [6.45, 7) is 8.24. The highest BCUT2D eigenvalue weighted by Gasteiger charge is 2.12. The Balaban J connectivity index is 2.01. The van der Waals surface area contributed by atoms with Crippen LogP contribution in [0.5, 0.6) is 0 Å². The number of nitrogens with one attached hydrogen (secondary N) is 2. The molecule has 0 bridgehead atoms. The molecule has 0 radical (unpaired) electrons. The van der Waals surface area contributed by atoms with Crippen molar-refractivity contribution in [2.24, 2.45) is 0 Å². The van der Waals surface area contributed by atoms with Gasteiger partial charge in [0.1, 0.15) is 0 Å². The second-order valence-electron chi connectivity index (χ2n) is 4.72. The number of urea groups is 1. The minimum Gasteiger partial charge on any atom is -0.370 e. The molecule has 2 amide bonds. The third kappa shape index (κ3) is 3.93. The molecule has 1 fully saturated rings. The van der Waals surface area contributed by atoms with Crippen LogP contribution in [0.2, 0.25) is 0 Å². The van der Waals surface area contributed by atoms with Gasteiger partial charge >= 0.3 is 6.03 Å². The van der Waals surface area contributed by atoms with E-state index < -0.39 is 0 Å². The highest BCUT2D eigenvalue weighted by molar-refractivity contribution is 7.99. The highest BCUT2D eigenvalue weighted by Crippen LogP contribution is 2.24. The molecule has 2 rings (SSSR count). The Bertz CT molecular complexity index is 484. The molecule has 108 valence electrons. The lowest BCUT2D eigenvalue weighted by Gasteiger charge is -2.29. The zero-order valence-corrected chi connectivity index (χ0v) is 12.6. The third-order valence-corrected chi connectivity index (χ3v) is 4.18. The lowest BCUT2D eigenvalue weighted by Crippen LogP contribution is -2.32. The topological polar surface area (TPSA) is 44.4 Å². The van der Waals surface area contributed by atoms with E-state index in [1.165, 1.54) is 17.2 Å². The van der Waals surface area contributed by atoms with Gasteiger partial charge in [-0.1, -0.05) is 6.08 Å². The van der Waals surface area contributed by atoms with Crippen LogP contribution in [0, 0.1) is 6.92 Å². The molecule has 1 saturated heterocycles. The monoisotopic (exact) mass is 291 g/mol. The number of nitrogens with zero attached hydrogens (tertiary/aromatic N) is 1. The third-order valence-electron chi connectivity index (χ3n) is 3.24. The van der Waals surface area contributed by atoms with Gasteiger partial charge in [-0.15, -0.1) is 6.58 Å². The SMILES string of the molecule is C=CCNC(=O)Nc1ccc(N2CCSCC2)cc1C. The zero-order valence-electron chi connectivity index (χ0n) is 11.8. The van der Waals surface area contributed by atoms with Crippen molar-refractivity contribution >= 4 is 29.2 Å². The summed E-state index contributed by atoms with van der Waals surface area (Å²) in [6.07, 6.45) is 1.66. The zero-order chi connectivity index (χ0) is 14.4. The number of carbonyl (C=O) groups is 1. The average molecular weight is 291 g/mol. The largest absolute Gasteiger partial charge is 0.370 e. The van der Waals surface area contributed by atoms with E-state index in [1.54, 1.807) is 6.08 Å². The summed E-state index contributed by atoms with van der Waals surface area (Å²) in [5.41, 5.74) is 3.16. The van der Waals surface area contributed by atoms with Crippen molar-refractivity contribution in [2.75, 3.05) is 41.4 Å². The first-order valence-corrected chi connectivity index (χ1v) is 7.95. The van der Waals surface area contributed by atoms with Gasteiger partial charge < -0.3 is 15.5 Å². The maximum absolute atomic E-state index is 11.6. The van der Waals surface area contributed by atoms with Crippen molar-refractivity contribution in [2.45, 2.75) is 6.92 Å². The van der Waals surface area contributed by atoms with Gasteiger partial charge in [0.05, 0.1) is 0 Å². The molecule has 1 aliphatic heterocycles. The summed E-state index contributed by atoms with van der Waals surface area (Å²) in [5.74, 6) is 2.37. The van der Waals surface area contributed by atoms with Gasteiger partial charge in [0.2, 0.25) is 0 Å². The molecule has 1 aromatic rings. The molecule has 0 unspecified atom stereocenters. The van der Waals surface area contributed by atoms with Crippen molar-refractivity contribution < 1.29 is 4.79 Å². The number of amides is 2. The van der Waals surface area contributed by atoms with Gasteiger partial charge in [-0.05, 0) is 30.7 Å². The number of hydrogen-bond acceptors (Lipinski definition) is 3. The van der Waals surface area contributed by atoms with Crippen LogP contribution in [0.4, 0.5) is 16.2 Å². The molecule has 0 aliphatic carbocycles. The van der Waals surface area contributed by atoms with Gasteiger partial charge in [0.15, 0.2) is 0 Å². The summed E-state index contributed by atoms with van der Waals surface area (Å²) < 4.78 is 0. The van der Waals surface area contributed by atoms with E-state index in [0.29, 0.717) is 6.54 Å². The van der Waals surface area contributed by atoms with Crippen molar-refractivity contribution in [3.8, 4) is 0 Å². The maximum Gasteiger partial charge on any atom is 0.319 e. The van der Waals surface area contributed by atoms with Gasteiger partial charge in [0.25, 0.3) is 0 Å². The second-order valence-corrected chi connectivity index (χ2v) is 5.95. The number of carbonyl (C=O) groups excluding carboxylic acids is 1. The second kappa shape index (κ2) is 7.24. The molecule has 0 aromatic heterocycles. The van der Waals surface area contributed by atoms with E-state index >= 15 is 0 Å². The fraction of sp³-hybridized carbons (Fsp3) is 0.400. The minimum atomic E-state index is -0.199. The van der Waals surface area contributed by atoms with Gasteiger partial charge in [0, 0.05) is 42.5 Å². The summed E-state index contributed by atoms with van der Waals surface area (Å²) in [7, 11) is 0. The van der Waals surface area contributed by atoms with Crippen LogP contribution >= 0.6 is 11.8 Å². The van der Waals surface area contributed by atoms with Gasteiger partial charge in [-0.3, -0.25) is 0 Å². The number of thioether (sulfide) groups is 1. The van der Waals surface area contributed by atoms with E-state index in [1.807, 2.05) is 24.8 Å². The predicted octanol–water partition coefficient (Wildman–Crippen LogP) is 2.86. The Labute approximate surface area is 124 Å². The van der Waals surface area contributed by atoms with Crippen molar-refractivity contribution in [3.63, 3.8) is 0 Å². The molecular weight excluding hydrogens is 270 g/mol. The van der Waals surface area contributed by atoms with Crippen molar-refractivity contribution in [1.29, 1.82) is 0 Å². The van der Waals surface area contributed by atoms with Crippen LogP contribution in [-0.2, 0) is 0 Å². The quantitative estimate of drug-likeness (QED) is 0.838. The summed E-state index contributed by atoms with van der Waals surface area (Å²) in [4.78, 5) is 14.0. The Morgan fingerprint density at radius 1 is 1.45 bits per heavy atom. The Kier molecular flexibility index (Phi) is 5.35. The van der Waals surface area contributed by atoms with Gasteiger partial charge in [-0.2, -0.15) is 11.8 Å². The van der Waals surface area contributed by atoms with E-state index in [4.69, 9.17) is 0 Å². The molecule has 1 heterocycles. The number of rotatable bonds is 4. The molecule has 20 heavy (non-hydrogen) atoms. The number of anilines is 2. The molecule has 2 N–H and O–H groups in total. The van der Waals surface area contributed by atoms with E-state index in [-0.39, 0.29) is 6.03 Å². The first-order chi connectivity index (χ1) is 9.70. The Morgan fingerprint density at radius 2 is 2.20 bits per heavy atom. The maximum atomic E-state index is 11.6. The lowest BCUT2D eigenvalue weighted by atomic mass is 10.1. The van der Waals surface area contributed by atoms with Crippen LogP contribution in [-0.4, -0.2) is 37.2 Å². The van der Waals surface area contributed by atoms with Crippen LogP contribution < -0.4 is 15.5 Å². The average Bonchev–Trinajstić information content (AvgIpc) is 2.48. The van der Waals surface area contributed by atoms with Crippen LogP contribution in [0.1, 0.15) is 5.56 Å². The van der Waals surface area contributed by atoms with E-state index in [2.05, 4.69) is 34.2 Å². The number of hydrogen-bond donors (Lipinski definition) is 2. The number of benzene rings is 1. The van der Waals surface area contributed by atoms with E-state index in [9.17, 15) is 4.79 Å². The summed E-state index contributed by atoms with van der Waals surface area (Å²) in [5, 5.41) is 5.56. The first-order valence-electron chi connectivity index (χ1n) is 6.80. The standard InChI is InChI=1S/C15H21N3OS/c1-3-6-16-15(19)17-14-5-4-13(11-12(14)2)18-7-9-20-10-8-18/h3-5,11H,1,6-10H2,2H3,(H2,16,17,19). The molecule has 0 saturated carbocycles. The first kappa shape index (κ1) is 14.8. The highest BCUT2D eigenvalue weighted by atomic mass is 32.2.